The quantitative estimate of drug-likeness (QED) is 0.883. The lowest BCUT2D eigenvalue weighted by atomic mass is 10.0. The van der Waals surface area contributed by atoms with Crippen LogP contribution in [0.4, 0.5) is 4.39 Å². The van der Waals surface area contributed by atoms with Gasteiger partial charge < -0.3 is 5.73 Å². The number of nitrogens with two attached hydrogens (primary N) is 1. The van der Waals surface area contributed by atoms with Gasteiger partial charge in [0.1, 0.15) is 5.82 Å². The molecule has 0 bridgehead atoms. The monoisotopic (exact) mass is 264 g/mol. The Morgan fingerprint density at radius 1 is 1.47 bits per heavy atom. The van der Waals surface area contributed by atoms with Gasteiger partial charge in [0.25, 0.3) is 0 Å². The molecule has 1 aromatic heterocycles. The standard InChI is InChI=1S/C13H17FN4O/c1-8(2)6-11(15)12-16-17-13(19)18(12)10-5-3-4-9(14)7-10/h3-5,7-8,11H,6,15H2,1-2H3,(H,17,19)/t11-/m0/s1. The summed E-state index contributed by atoms with van der Waals surface area (Å²) < 4.78 is 14.6. The van der Waals surface area contributed by atoms with Crippen molar-refractivity contribution in [3.63, 3.8) is 0 Å². The minimum absolute atomic E-state index is 0.373. The zero-order chi connectivity index (χ0) is 14.0. The highest BCUT2D eigenvalue weighted by molar-refractivity contribution is 5.33. The van der Waals surface area contributed by atoms with E-state index in [1.165, 1.54) is 16.7 Å². The van der Waals surface area contributed by atoms with Gasteiger partial charge in [-0.3, -0.25) is 0 Å². The summed E-state index contributed by atoms with van der Waals surface area (Å²) in [6.45, 7) is 4.08. The fraction of sp³-hybridized carbons (Fsp3) is 0.385. The fourth-order valence-corrected chi connectivity index (χ4v) is 2.04. The van der Waals surface area contributed by atoms with Crippen molar-refractivity contribution < 1.29 is 4.39 Å². The minimum Gasteiger partial charge on any atom is -0.321 e. The Morgan fingerprint density at radius 2 is 2.21 bits per heavy atom. The van der Waals surface area contributed by atoms with Gasteiger partial charge in [-0.1, -0.05) is 19.9 Å². The van der Waals surface area contributed by atoms with Gasteiger partial charge in [0.15, 0.2) is 5.82 Å². The van der Waals surface area contributed by atoms with Gasteiger partial charge in [0, 0.05) is 0 Å². The molecule has 3 N–H and O–H groups in total. The number of hydrogen-bond acceptors (Lipinski definition) is 3. The van der Waals surface area contributed by atoms with Gasteiger partial charge >= 0.3 is 5.69 Å². The van der Waals surface area contributed by atoms with Crippen LogP contribution in [0.5, 0.6) is 0 Å². The van der Waals surface area contributed by atoms with E-state index >= 15 is 0 Å². The van der Waals surface area contributed by atoms with E-state index in [2.05, 4.69) is 10.2 Å². The molecule has 0 saturated heterocycles. The maximum absolute atomic E-state index is 13.3. The van der Waals surface area contributed by atoms with E-state index in [0.29, 0.717) is 23.9 Å². The normalized spacial score (nSPS) is 12.9. The van der Waals surface area contributed by atoms with E-state index in [4.69, 9.17) is 5.73 Å². The summed E-state index contributed by atoms with van der Waals surface area (Å²) in [6, 6.07) is 5.42. The van der Waals surface area contributed by atoms with Crippen molar-refractivity contribution in [3.05, 3.63) is 46.4 Å². The van der Waals surface area contributed by atoms with Gasteiger partial charge in [-0.2, -0.15) is 5.10 Å². The number of hydrogen-bond donors (Lipinski definition) is 2. The lowest BCUT2D eigenvalue weighted by Crippen LogP contribution is -2.23. The summed E-state index contributed by atoms with van der Waals surface area (Å²) in [4.78, 5) is 11.8. The van der Waals surface area contributed by atoms with Crippen LogP contribution >= 0.6 is 0 Å². The number of H-pyrrole nitrogens is 1. The maximum Gasteiger partial charge on any atom is 0.347 e. The molecule has 0 fully saturated rings. The number of benzene rings is 1. The van der Waals surface area contributed by atoms with Crippen LogP contribution in [0, 0.1) is 11.7 Å². The Balaban J connectivity index is 2.46. The average Bonchev–Trinajstić information content (AvgIpc) is 2.70. The van der Waals surface area contributed by atoms with Gasteiger partial charge in [0.2, 0.25) is 0 Å². The van der Waals surface area contributed by atoms with Gasteiger partial charge in [-0.15, -0.1) is 0 Å². The Kier molecular flexibility index (Phi) is 3.80. The van der Waals surface area contributed by atoms with E-state index in [1.54, 1.807) is 12.1 Å². The highest BCUT2D eigenvalue weighted by Crippen LogP contribution is 2.18. The molecule has 1 aromatic carbocycles. The highest BCUT2D eigenvalue weighted by Gasteiger charge is 2.18. The van der Waals surface area contributed by atoms with Gasteiger partial charge in [0.05, 0.1) is 11.7 Å². The van der Waals surface area contributed by atoms with E-state index < -0.39 is 11.5 Å². The van der Waals surface area contributed by atoms with Crippen molar-refractivity contribution in [1.29, 1.82) is 0 Å². The molecule has 0 aliphatic carbocycles. The summed E-state index contributed by atoms with van der Waals surface area (Å²) in [6.07, 6.45) is 0.694. The third-order valence-electron chi connectivity index (χ3n) is 2.82. The van der Waals surface area contributed by atoms with E-state index in [0.717, 1.165) is 0 Å². The van der Waals surface area contributed by atoms with E-state index in [9.17, 15) is 9.18 Å². The van der Waals surface area contributed by atoms with Crippen molar-refractivity contribution in [2.24, 2.45) is 11.7 Å². The van der Waals surface area contributed by atoms with Gasteiger partial charge in [-0.25, -0.2) is 18.9 Å². The fourth-order valence-electron chi connectivity index (χ4n) is 2.04. The number of nitrogens with one attached hydrogen (secondary N) is 1. The predicted octanol–water partition coefficient (Wildman–Crippen LogP) is 1.75. The molecule has 19 heavy (non-hydrogen) atoms. The second-order valence-corrected chi connectivity index (χ2v) is 4.94. The molecular formula is C13H17FN4O. The molecule has 0 spiro atoms. The zero-order valence-corrected chi connectivity index (χ0v) is 10.9. The van der Waals surface area contributed by atoms with Crippen LogP contribution in [0.1, 0.15) is 32.1 Å². The minimum atomic E-state index is -0.417. The van der Waals surface area contributed by atoms with E-state index in [-0.39, 0.29) is 6.04 Å². The predicted molar refractivity (Wildman–Crippen MR) is 70.5 cm³/mol. The van der Waals surface area contributed by atoms with Crippen LogP contribution in [0.25, 0.3) is 5.69 Å². The number of halogens is 1. The second-order valence-electron chi connectivity index (χ2n) is 4.94. The molecule has 5 nitrogen and oxygen atoms in total. The molecule has 6 heteroatoms. The van der Waals surface area contributed by atoms with Crippen molar-refractivity contribution >= 4 is 0 Å². The summed E-state index contributed by atoms with van der Waals surface area (Å²) >= 11 is 0. The molecule has 2 rings (SSSR count). The Bertz CT molecular complexity index is 617. The highest BCUT2D eigenvalue weighted by atomic mass is 19.1. The molecule has 0 saturated carbocycles. The number of nitrogens with zero attached hydrogens (tertiary/aromatic N) is 2. The first-order chi connectivity index (χ1) is 8.99. The molecule has 0 radical (unpaired) electrons. The number of aromatic nitrogens is 3. The van der Waals surface area contributed by atoms with Crippen LogP contribution in [-0.4, -0.2) is 14.8 Å². The first-order valence-electron chi connectivity index (χ1n) is 6.18. The van der Waals surface area contributed by atoms with Gasteiger partial charge in [-0.05, 0) is 30.5 Å². The van der Waals surface area contributed by atoms with Crippen molar-refractivity contribution in [1.82, 2.24) is 14.8 Å². The smallest absolute Gasteiger partial charge is 0.321 e. The second kappa shape index (κ2) is 5.36. The Labute approximate surface area is 110 Å². The summed E-state index contributed by atoms with van der Waals surface area (Å²) in [5.74, 6) is 0.390. The molecule has 102 valence electrons. The average molecular weight is 264 g/mol. The zero-order valence-electron chi connectivity index (χ0n) is 10.9. The summed E-state index contributed by atoms with van der Waals surface area (Å²) in [7, 11) is 0. The lowest BCUT2D eigenvalue weighted by molar-refractivity contribution is 0.487. The molecule has 0 aliphatic rings. The van der Waals surface area contributed by atoms with Crippen LogP contribution in [0.2, 0.25) is 0 Å². The van der Waals surface area contributed by atoms with E-state index in [1.807, 2.05) is 13.8 Å². The molecular weight excluding hydrogens is 247 g/mol. The third-order valence-corrected chi connectivity index (χ3v) is 2.82. The lowest BCUT2D eigenvalue weighted by Gasteiger charge is -2.14. The number of rotatable bonds is 4. The third kappa shape index (κ3) is 2.90. The van der Waals surface area contributed by atoms with Crippen molar-refractivity contribution in [3.8, 4) is 5.69 Å². The SMILES string of the molecule is CC(C)C[C@H](N)c1n[nH]c(=O)n1-c1cccc(F)c1. The van der Waals surface area contributed by atoms with Crippen LogP contribution in [-0.2, 0) is 0 Å². The summed E-state index contributed by atoms with van der Waals surface area (Å²) in [5, 5.41) is 6.32. The molecule has 1 heterocycles. The first kappa shape index (κ1) is 13.5. The Morgan fingerprint density at radius 3 is 2.84 bits per heavy atom. The van der Waals surface area contributed by atoms with Crippen LogP contribution in [0.3, 0.4) is 0 Å². The first-order valence-corrected chi connectivity index (χ1v) is 6.18. The van der Waals surface area contributed by atoms with Crippen LogP contribution in [0.15, 0.2) is 29.1 Å². The maximum atomic E-state index is 13.3. The van der Waals surface area contributed by atoms with Crippen molar-refractivity contribution in [2.45, 2.75) is 26.3 Å². The van der Waals surface area contributed by atoms with Crippen LogP contribution < -0.4 is 11.4 Å². The number of aromatic amines is 1. The topological polar surface area (TPSA) is 76.7 Å². The molecule has 1 atom stereocenters. The molecule has 0 amide bonds. The largest absolute Gasteiger partial charge is 0.347 e. The molecule has 2 aromatic rings. The molecule has 0 aliphatic heterocycles. The Hall–Kier alpha value is -1.95. The molecule has 0 unspecified atom stereocenters. The van der Waals surface area contributed by atoms with Crippen molar-refractivity contribution in [2.75, 3.05) is 0 Å². The summed E-state index contributed by atoms with van der Waals surface area (Å²) in [5.41, 5.74) is 6.06.